The number of hydrogen-bond acceptors (Lipinski definition) is 6. The van der Waals surface area contributed by atoms with Crippen molar-refractivity contribution in [2.24, 2.45) is 0 Å². The van der Waals surface area contributed by atoms with Crippen LogP contribution in [0.15, 0.2) is 40.9 Å². The summed E-state index contributed by atoms with van der Waals surface area (Å²) in [5.41, 5.74) is 3.69. The maximum Gasteiger partial charge on any atom is 0.354 e. The molecule has 4 rings (SSSR count). The number of esters is 2. The van der Waals surface area contributed by atoms with E-state index < -0.39 is 0 Å². The number of hydrogen-bond donors (Lipinski definition) is 2. The lowest BCUT2D eigenvalue weighted by atomic mass is 10.1. The number of carbonyl (C=O) groups is 2. The first kappa shape index (κ1) is 25.2. The number of aryl methyl sites for hydroxylation is 1. The number of nitrogens with one attached hydrogen (secondary N) is 2. The summed E-state index contributed by atoms with van der Waals surface area (Å²) in [5.74, 6) is 0.857. The highest BCUT2D eigenvalue weighted by Gasteiger charge is 2.14. The fraction of sp³-hybridized carbons (Fsp3) is 0.280. The summed E-state index contributed by atoms with van der Waals surface area (Å²) in [6.45, 7) is 6.26. The lowest BCUT2D eigenvalue weighted by molar-refractivity contribution is 0.0511. The van der Waals surface area contributed by atoms with Gasteiger partial charge >= 0.3 is 11.9 Å². The molecule has 0 bridgehead atoms. The van der Waals surface area contributed by atoms with E-state index in [4.69, 9.17) is 18.9 Å². The first-order chi connectivity index (χ1) is 16.3. The van der Waals surface area contributed by atoms with Crippen molar-refractivity contribution in [3.05, 3.63) is 57.8 Å². The third kappa shape index (κ3) is 5.20. The number of benzene rings is 2. The molecule has 0 spiro atoms. The Morgan fingerprint density at radius 1 is 0.794 bits per heavy atom. The molecule has 0 aliphatic carbocycles. The van der Waals surface area contributed by atoms with Crippen molar-refractivity contribution in [2.45, 2.75) is 20.8 Å². The minimum absolute atomic E-state index is 0.331. The van der Waals surface area contributed by atoms with E-state index >= 15 is 0 Å². The normalized spacial score (nSPS) is 10.5. The quantitative estimate of drug-likeness (QED) is 0.306. The summed E-state index contributed by atoms with van der Waals surface area (Å²) < 4.78 is 21.1. The van der Waals surface area contributed by atoms with Gasteiger partial charge in [-0.3, -0.25) is 0 Å². The van der Waals surface area contributed by atoms with Crippen molar-refractivity contribution in [3.8, 4) is 11.5 Å². The van der Waals surface area contributed by atoms with Crippen molar-refractivity contribution in [1.29, 1.82) is 0 Å². The number of aromatic nitrogens is 2. The van der Waals surface area contributed by atoms with Crippen LogP contribution in [0.2, 0.25) is 0 Å². The van der Waals surface area contributed by atoms with Gasteiger partial charge in [-0.1, -0.05) is 0 Å². The lowest BCUT2D eigenvalue weighted by Crippen LogP contribution is -2.04. The number of ether oxygens (including phenoxy) is 4. The second-order valence-electron chi connectivity index (χ2n) is 7.20. The molecule has 0 amide bonds. The Balaban J connectivity index is 0.000000191. The second-order valence-corrected chi connectivity index (χ2v) is 8.00. The summed E-state index contributed by atoms with van der Waals surface area (Å²) in [7, 11) is 3.23. The Hall–Kier alpha value is -3.46. The monoisotopic (exact) mass is 530 g/mol. The third-order valence-corrected chi connectivity index (χ3v) is 5.97. The first-order valence-electron chi connectivity index (χ1n) is 10.7. The number of rotatable bonds is 6. The molecule has 8 nitrogen and oxygen atoms in total. The van der Waals surface area contributed by atoms with Crippen LogP contribution in [0.5, 0.6) is 11.5 Å². The lowest BCUT2D eigenvalue weighted by Gasteiger charge is -2.04. The predicted molar refractivity (Wildman–Crippen MR) is 134 cm³/mol. The van der Waals surface area contributed by atoms with Gasteiger partial charge in [0.1, 0.15) is 22.9 Å². The van der Waals surface area contributed by atoms with Gasteiger partial charge < -0.3 is 28.9 Å². The molecule has 0 unspecified atom stereocenters. The van der Waals surface area contributed by atoms with Crippen molar-refractivity contribution in [1.82, 2.24) is 9.97 Å². The van der Waals surface area contributed by atoms with Crippen LogP contribution in [-0.2, 0) is 9.47 Å². The van der Waals surface area contributed by atoms with Crippen LogP contribution in [0.1, 0.15) is 40.4 Å². The Morgan fingerprint density at radius 2 is 1.26 bits per heavy atom. The van der Waals surface area contributed by atoms with Gasteiger partial charge in [0, 0.05) is 27.4 Å². The molecule has 4 aromatic rings. The van der Waals surface area contributed by atoms with Gasteiger partial charge in [-0.15, -0.1) is 0 Å². The first-order valence-corrected chi connectivity index (χ1v) is 11.5. The zero-order chi connectivity index (χ0) is 24.8. The summed E-state index contributed by atoms with van der Waals surface area (Å²) in [6, 6.07) is 11.0. The molecular formula is C25H27BrN2O6. The summed E-state index contributed by atoms with van der Waals surface area (Å²) in [6.07, 6.45) is 0. The van der Waals surface area contributed by atoms with Crippen LogP contribution < -0.4 is 9.47 Å². The van der Waals surface area contributed by atoms with Gasteiger partial charge in [0.15, 0.2) is 0 Å². The van der Waals surface area contributed by atoms with E-state index in [9.17, 15) is 9.59 Å². The number of aromatic amines is 2. The van der Waals surface area contributed by atoms with Gasteiger partial charge in [0.05, 0.1) is 31.9 Å². The maximum atomic E-state index is 11.6. The number of fused-ring (bicyclic) bond motifs is 2. The molecule has 34 heavy (non-hydrogen) atoms. The average molecular weight is 531 g/mol. The van der Waals surface area contributed by atoms with Gasteiger partial charge in [-0.2, -0.15) is 0 Å². The number of halogens is 1. The maximum absolute atomic E-state index is 11.6. The van der Waals surface area contributed by atoms with Gasteiger partial charge in [-0.05, 0) is 73.1 Å². The molecular weight excluding hydrogens is 504 g/mol. The van der Waals surface area contributed by atoms with Crippen LogP contribution in [-0.4, -0.2) is 49.3 Å². The van der Waals surface area contributed by atoms with Crippen LogP contribution in [0, 0.1) is 6.92 Å². The average Bonchev–Trinajstić information content (AvgIpc) is 3.46. The highest BCUT2D eigenvalue weighted by atomic mass is 79.9. The molecule has 0 aliphatic heterocycles. The Bertz CT molecular complexity index is 1220. The third-order valence-electron chi connectivity index (χ3n) is 5.16. The number of carbonyl (C=O) groups excluding carboxylic acids is 2. The van der Waals surface area contributed by atoms with E-state index in [1.807, 2.05) is 31.2 Å². The van der Waals surface area contributed by atoms with Gasteiger partial charge in [0.2, 0.25) is 0 Å². The second kappa shape index (κ2) is 11.1. The number of H-pyrrole nitrogens is 2. The molecule has 0 saturated heterocycles. The van der Waals surface area contributed by atoms with Crippen LogP contribution >= 0.6 is 15.9 Å². The molecule has 0 saturated carbocycles. The molecule has 0 atom stereocenters. The van der Waals surface area contributed by atoms with Crippen LogP contribution in [0.4, 0.5) is 0 Å². The van der Waals surface area contributed by atoms with Crippen molar-refractivity contribution in [3.63, 3.8) is 0 Å². The van der Waals surface area contributed by atoms with E-state index in [2.05, 4.69) is 25.9 Å². The van der Waals surface area contributed by atoms with E-state index in [0.717, 1.165) is 43.3 Å². The smallest absolute Gasteiger partial charge is 0.354 e. The van der Waals surface area contributed by atoms with Crippen molar-refractivity contribution >= 4 is 49.7 Å². The SMILES string of the molecule is CCOC(=O)c1cc2c(Br)c(OC)ccc2[nH]1.CCOC(=O)c1cc2c(C)c(OC)ccc2[nH]1. The zero-order valence-corrected chi connectivity index (χ0v) is 21.3. The Kier molecular flexibility index (Phi) is 8.22. The molecule has 0 radical (unpaired) electrons. The topological polar surface area (TPSA) is 103 Å². The van der Waals surface area contributed by atoms with Crippen molar-refractivity contribution < 1.29 is 28.5 Å². The largest absolute Gasteiger partial charge is 0.496 e. The van der Waals surface area contributed by atoms with Gasteiger partial charge in [-0.25, -0.2) is 9.59 Å². The Labute approximate surface area is 205 Å². The summed E-state index contributed by atoms with van der Waals surface area (Å²) in [5, 5.41) is 1.87. The minimum Gasteiger partial charge on any atom is -0.496 e. The summed E-state index contributed by atoms with van der Waals surface area (Å²) >= 11 is 3.45. The number of methoxy groups -OCH3 is 2. The fourth-order valence-corrected chi connectivity index (χ4v) is 4.12. The highest BCUT2D eigenvalue weighted by Crippen LogP contribution is 2.33. The van der Waals surface area contributed by atoms with E-state index in [-0.39, 0.29) is 11.9 Å². The van der Waals surface area contributed by atoms with Gasteiger partial charge in [0.25, 0.3) is 0 Å². The molecule has 2 aromatic heterocycles. The molecule has 180 valence electrons. The Morgan fingerprint density at radius 3 is 1.76 bits per heavy atom. The van der Waals surface area contributed by atoms with E-state index in [1.54, 1.807) is 40.2 Å². The van der Waals surface area contributed by atoms with Crippen LogP contribution in [0.3, 0.4) is 0 Å². The minimum atomic E-state index is -0.352. The molecule has 2 heterocycles. The predicted octanol–water partition coefficient (Wildman–Crippen LogP) is 5.78. The highest BCUT2D eigenvalue weighted by molar-refractivity contribution is 9.10. The standard InChI is InChI=1S/C13H15NO3.C12H12BrNO3/c1-4-17-13(15)11-7-9-8(2)12(16-3)6-5-10(9)14-11;1-3-17-12(15)9-6-7-8(14-9)4-5-10(16-2)11(7)13/h5-7,14H,4H2,1-3H3;4-6,14H,3H2,1-2H3. The zero-order valence-electron chi connectivity index (χ0n) is 19.7. The van der Waals surface area contributed by atoms with E-state index in [1.165, 1.54) is 0 Å². The molecule has 0 aliphatic rings. The molecule has 2 aromatic carbocycles. The fourth-order valence-electron chi connectivity index (χ4n) is 3.49. The molecule has 2 N–H and O–H groups in total. The van der Waals surface area contributed by atoms with E-state index in [0.29, 0.717) is 24.6 Å². The molecule has 9 heteroatoms. The summed E-state index contributed by atoms with van der Waals surface area (Å²) in [4.78, 5) is 29.2. The van der Waals surface area contributed by atoms with Crippen LogP contribution in [0.25, 0.3) is 21.8 Å². The molecule has 0 fully saturated rings. The van der Waals surface area contributed by atoms with Crippen molar-refractivity contribution in [2.75, 3.05) is 27.4 Å².